The van der Waals surface area contributed by atoms with Crippen LogP contribution in [0.1, 0.15) is 17.3 Å². The first-order valence-corrected chi connectivity index (χ1v) is 7.25. The van der Waals surface area contributed by atoms with Crippen molar-refractivity contribution in [3.8, 4) is 0 Å². The molecule has 0 saturated heterocycles. The number of nitrogens with zero attached hydrogens (tertiary/aromatic N) is 2. The molecule has 21 heavy (non-hydrogen) atoms. The summed E-state index contributed by atoms with van der Waals surface area (Å²) in [6.45, 7) is 1.45. The van der Waals surface area contributed by atoms with E-state index in [4.69, 9.17) is 4.74 Å². The van der Waals surface area contributed by atoms with Crippen molar-refractivity contribution >= 4 is 29.3 Å². The van der Waals surface area contributed by atoms with Gasteiger partial charge in [0.1, 0.15) is 0 Å². The molecule has 0 N–H and O–H groups in total. The van der Waals surface area contributed by atoms with Crippen LogP contribution in [-0.2, 0) is 9.53 Å². The van der Waals surface area contributed by atoms with Gasteiger partial charge in [0.2, 0.25) is 0 Å². The Labute approximate surface area is 126 Å². The Bertz CT molecular complexity index is 574. The Morgan fingerprint density at radius 2 is 2.00 bits per heavy atom. The number of carbonyl (C=O) groups is 2. The monoisotopic (exact) mass is 312 g/mol. The molecule has 0 fully saturated rings. The van der Waals surface area contributed by atoms with E-state index in [1.165, 1.54) is 35.7 Å². The quantitative estimate of drug-likeness (QED) is 0.357. The molecule has 1 atom stereocenters. The maximum atomic E-state index is 11.9. The lowest BCUT2D eigenvalue weighted by atomic mass is 10.2. The van der Waals surface area contributed by atoms with E-state index in [-0.39, 0.29) is 17.2 Å². The molecule has 0 aromatic heterocycles. The summed E-state index contributed by atoms with van der Waals surface area (Å²) in [7, 11) is 3.09. The molecular weight excluding hydrogens is 296 g/mol. The van der Waals surface area contributed by atoms with Crippen molar-refractivity contribution in [3.63, 3.8) is 0 Å². The Hall–Kier alpha value is -2.09. The Kier molecular flexibility index (Phi) is 5.71. The molecule has 1 aromatic rings. The van der Waals surface area contributed by atoms with E-state index in [0.717, 1.165) is 6.07 Å². The number of benzene rings is 1. The lowest BCUT2D eigenvalue weighted by Gasteiger charge is -2.17. The Balaban J connectivity index is 2.96. The molecule has 0 aliphatic carbocycles. The van der Waals surface area contributed by atoms with Gasteiger partial charge in [-0.05, 0) is 25.3 Å². The van der Waals surface area contributed by atoms with Crippen LogP contribution >= 0.6 is 11.8 Å². The molecule has 0 heterocycles. The topological polar surface area (TPSA) is 89.8 Å². The second-order valence-corrected chi connectivity index (χ2v) is 5.27. The van der Waals surface area contributed by atoms with Gasteiger partial charge in [-0.15, -0.1) is 11.8 Å². The van der Waals surface area contributed by atoms with E-state index in [1.54, 1.807) is 20.4 Å². The fraction of sp³-hybridized carbons (Fsp3) is 0.385. The smallest absolute Gasteiger partial charge is 0.339 e. The van der Waals surface area contributed by atoms with Crippen molar-refractivity contribution in [2.45, 2.75) is 17.9 Å². The van der Waals surface area contributed by atoms with E-state index >= 15 is 0 Å². The summed E-state index contributed by atoms with van der Waals surface area (Å²) in [5.74, 6) is -1.13. The highest BCUT2D eigenvalue weighted by Gasteiger charge is 2.22. The van der Waals surface area contributed by atoms with E-state index in [9.17, 15) is 19.7 Å². The van der Waals surface area contributed by atoms with Crippen LogP contribution in [0, 0.1) is 10.1 Å². The predicted octanol–water partition coefficient (Wildman–Crippen LogP) is 1.95. The van der Waals surface area contributed by atoms with Gasteiger partial charge in [0.15, 0.2) is 6.10 Å². The van der Waals surface area contributed by atoms with Crippen LogP contribution in [0.5, 0.6) is 0 Å². The number of nitro groups is 1. The summed E-state index contributed by atoms with van der Waals surface area (Å²) in [4.78, 5) is 35.7. The molecular formula is C13H16N2O5S. The second-order valence-electron chi connectivity index (χ2n) is 4.42. The number of hydrogen-bond donors (Lipinski definition) is 0. The number of rotatable bonds is 5. The first kappa shape index (κ1) is 17.0. The van der Waals surface area contributed by atoms with Crippen LogP contribution in [0.25, 0.3) is 0 Å². The maximum Gasteiger partial charge on any atom is 0.339 e. The third-order valence-corrected chi connectivity index (χ3v) is 3.47. The summed E-state index contributed by atoms with van der Waals surface area (Å²) < 4.78 is 5.01. The van der Waals surface area contributed by atoms with Crippen molar-refractivity contribution < 1.29 is 19.2 Å². The number of carbonyl (C=O) groups excluding carboxylic acids is 2. The number of likely N-dealkylation sites (N-methyl/N-ethyl adjacent to an activating group) is 1. The average Bonchev–Trinajstić information content (AvgIpc) is 2.45. The lowest BCUT2D eigenvalue weighted by molar-refractivity contribution is -0.387. The minimum Gasteiger partial charge on any atom is -0.449 e. The molecule has 0 radical (unpaired) electrons. The van der Waals surface area contributed by atoms with Gasteiger partial charge in [0.25, 0.3) is 11.6 Å². The molecule has 0 aliphatic rings. The van der Waals surface area contributed by atoms with Gasteiger partial charge < -0.3 is 9.64 Å². The first-order valence-electron chi connectivity index (χ1n) is 6.02. The highest BCUT2D eigenvalue weighted by Crippen LogP contribution is 2.28. The van der Waals surface area contributed by atoms with Crippen molar-refractivity contribution in [2.75, 3.05) is 20.4 Å². The summed E-state index contributed by atoms with van der Waals surface area (Å²) in [6, 6.07) is 4.08. The minimum absolute atomic E-state index is 0.0397. The molecule has 0 saturated carbocycles. The number of hydrogen-bond acceptors (Lipinski definition) is 6. The van der Waals surface area contributed by atoms with E-state index < -0.39 is 17.0 Å². The minimum atomic E-state index is -0.952. The summed E-state index contributed by atoms with van der Waals surface area (Å²) in [5.41, 5.74) is -0.124. The number of esters is 1. The summed E-state index contributed by atoms with van der Waals surface area (Å²) in [6.07, 6.45) is 0.754. The van der Waals surface area contributed by atoms with E-state index in [2.05, 4.69) is 0 Å². The van der Waals surface area contributed by atoms with Crippen molar-refractivity contribution in [3.05, 3.63) is 33.9 Å². The zero-order valence-corrected chi connectivity index (χ0v) is 13.0. The van der Waals surface area contributed by atoms with Crippen LogP contribution in [0.4, 0.5) is 5.69 Å². The van der Waals surface area contributed by atoms with Gasteiger partial charge in [0.05, 0.1) is 15.4 Å². The molecule has 0 bridgehead atoms. The molecule has 7 nitrogen and oxygen atoms in total. The van der Waals surface area contributed by atoms with Gasteiger partial charge in [-0.2, -0.15) is 0 Å². The largest absolute Gasteiger partial charge is 0.449 e. The number of ether oxygens (including phenoxy) is 1. The predicted molar refractivity (Wildman–Crippen MR) is 78.4 cm³/mol. The molecule has 0 unspecified atom stereocenters. The molecule has 114 valence electrons. The standard InChI is InChI=1S/C13H16N2O5S/c1-8(12(16)14(2)3)20-13(17)9-5-6-11(21-4)10(7-9)15(18)19/h5-8H,1-4H3/t8-/m0/s1. The van der Waals surface area contributed by atoms with Crippen LogP contribution in [0.3, 0.4) is 0 Å². The van der Waals surface area contributed by atoms with Gasteiger partial charge >= 0.3 is 5.97 Å². The lowest BCUT2D eigenvalue weighted by Crippen LogP contribution is -2.34. The third-order valence-electron chi connectivity index (χ3n) is 2.68. The van der Waals surface area contributed by atoms with Crippen LogP contribution in [0.2, 0.25) is 0 Å². The van der Waals surface area contributed by atoms with Gasteiger partial charge in [-0.25, -0.2) is 4.79 Å². The molecule has 1 amide bonds. The number of amides is 1. The highest BCUT2D eigenvalue weighted by atomic mass is 32.2. The fourth-order valence-electron chi connectivity index (χ4n) is 1.60. The van der Waals surface area contributed by atoms with Crippen LogP contribution < -0.4 is 0 Å². The number of thioether (sulfide) groups is 1. The average molecular weight is 312 g/mol. The van der Waals surface area contributed by atoms with Crippen molar-refractivity contribution in [1.29, 1.82) is 0 Å². The Morgan fingerprint density at radius 3 is 2.48 bits per heavy atom. The van der Waals surface area contributed by atoms with Gasteiger partial charge in [-0.3, -0.25) is 14.9 Å². The molecule has 1 aromatic carbocycles. The van der Waals surface area contributed by atoms with Gasteiger partial charge in [0, 0.05) is 20.2 Å². The zero-order valence-electron chi connectivity index (χ0n) is 12.2. The Morgan fingerprint density at radius 1 is 1.38 bits per heavy atom. The van der Waals surface area contributed by atoms with Gasteiger partial charge in [-0.1, -0.05) is 0 Å². The summed E-state index contributed by atoms with van der Waals surface area (Å²) >= 11 is 1.21. The normalized spacial score (nSPS) is 11.6. The third kappa shape index (κ3) is 4.19. The van der Waals surface area contributed by atoms with Crippen LogP contribution in [0.15, 0.2) is 23.1 Å². The summed E-state index contributed by atoms with van der Waals surface area (Å²) in [5, 5.41) is 11.0. The van der Waals surface area contributed by atoms with Crippen LogP contribution in [-0.4, -0.2) is 48.2 Å². The second kappa shape index (κ2) is 7.07. The molecule has 0 spiro atoms. The number of nitro benzene ring substituents is 1. The fourth-order valence-corrected chi connectivity index (χ4v) is 2.15. The van der Waals surface area contributed by atoms with E-state index in [1.807, 2.05) is 0 Å². The SMILES string of the molecule is CSc1ccc(C(=O)O[C@@H](C)C(=O)N(C)C)cc1[N+](=O)[O-]. The molecule has 0 aliphatic heterocycles. The van der Waals surface area contributed by atoms with Crippen molar-refractivity contribution in [2.24, 2.45) is 0 Å². The maximum absolute atomic E-state index is 11.9. The van der Waals surface area contributed by atoms with Crippen molar-refractivity contribution in [1.82, 2.24) is 4.90 Å². The van der Waals surface area contributed by atoms with E-state index in [0.29, 0.717) is 4.90 Å². The first-order chi connectivity index (χ1) is 9.77. The zero-order chi connectivity index (χ0) is 16.2. The molecule has 1 rings (SSSR count). The molecule has 8 heteroatoms. The highest BCUT2D eigenvalue weighted by molar-refractivity contribution is 7.98.